The van der Waals surface area contributed by atoms with Gasteiger partial charge in [0.25, 0.3) is 11.7 Å². The van der Waals surface area contributed by atoms with Crippen molar-refractivity contribution in [1.82, 2.24) is 15.4 Å². The van der Waals surface area contributed by atoms with E-state index in [1.807, 2.05) is 48.0 Å². The molecule has 1 heterocycles. The zero-order valence-electron chi connectivity index (χ0n) is 16.4. The zero-order valence-corrected chi connectivity index (χ0v) is 16.4. The number of carbonyl (C=O) groups excluding carboxylic acids is 3. The number of aryl methyl sites for hydroxylation is 1. The summed E-state index contributed by atoms with van der Waals surface area (Å²) in [6.45, 7) is 6.21. The van der Waals surface area contributed by atoms with Crippen molar-refractivity contribution in [2.24, 2.45) is 7.05 Å². The molecule has 0 saturated heterocycles. The maximum atomic E-state index is 12.4. The molecular weight excluding hydrogens is 354 g/mol. The average molecular weight is 377 g/mol. The summed E-state index contributed by atoms with van der Waals surface area (Å²) in [5.74, 6) is -2.09. The van der Waals surface area contributed by atoms with E-state index in [2.05, 4.69) is 31.6 Å². The second-order valence-electron chi connectivity index (χ2n) is 7.74. The molecule has 2 aromatic carbocycles. The number of carbonyl (C=O) groups is 3. The molecule has 0 atom stereocenters. The molecule has 0 fully saturated rings. The van der Waals surface area contributed by atoms with Gasteiger partial charge >= 0.3 is 5.91 Å². The summed E-state index contributed by atoms with van der Waals surface area (Å²) in [6, 6.07) is 14.3. The predicted molar refractivity (Wildman–Crippen MR) is 108 cm³/mol. The van der Waals surface area contributed by atoms with Crippen LogP contribution in [0.15, 0.2) is 54.7 Å². The van der Waals surface area contributed by atoms with E-state index in [9.17, 15) is 14.4 Å². The van der Waals surface area contributed by atoms with Gasteiger partial charge in [0.1, 0.15) is 0 Å². The Balaban J connectivity index is 1.67. The third-order valence-corrected chi connectivity index (χ3v) is 4.65. The van der Waals surface area contributed by atoms with Gasteiger partial charge in [0, 0.05) is 29.7 Å². The van der Waals surface area contributed by atoms with Crippen molar-refractivity contribution in [2.45, 2.75) is 26.2 Å². The van der Waals surface area contributed by atoms with E-state index in [0.717, 1.165) is 16.5 Å². The minimum atomic E-state index is -0.892. The number of hydrazine groups is 1. The van der Waals surface area contributed by atoms with Gasteiger partial charge in [-0.2, -0.15) is 0 Å². The fourth-order valence-corrected chi connectivity index (χ4v) is 3.01. The predicted octanol–water partition coefficient (Wildman–Crippen LogP) is 3.12. The number of hydrogen-bond acceptors (Lipinski definition) is 3. The number of rotatable bonds is 3. The van der Waals surface area contributed by atoms with Gasteiger partial charge in [-0.15, -0.1) is 0 Å². The number of fused-ring (bicyclic) bond motifs is 1. The molecule has 0 aliphatic rings. The van der Waals surface area contributed by atoms with Crippen LogP contribution in [0, 0.1) is 0 Å². The molecule has 0 unspecified atom stereocenters. The van der Waals surface area contributed by atoms with Crippen molar-refractivity contribution in [3.8, 4) is 0 Å². The van der Waals surface area contributed by atoms with Crippen LogP contribution in [0.5, 0.6) is 0 Å². The highest BCUT2D eigenvalue weighted by atomic mass is 16.2. The SMILES string of the molecule is Cn1cc(C(=O)NNC(=O)C(=O)c2ccc(C(C)(C)C)cc2)c2ccccc21. The molecule has 28 heavy (non-hydrogen) atoms. The molecule has 2 N–H and O–H groups in total. The molecule has 0 aliphatic carbocycles. The Kier molecular flexibility index (Phi) is 5.05. The molecule has 3 aromatic rings. The number of nitrogens with zero attached hydrogens (tertiary/aromatic N) is 1. The maximum Gasteiger partial charge on any atom is 0.310 e. The Bertz CT molecular complexity index is 1060. The third-order valence-electron chi connectivity index (χ3n) is 4.65. The smallest absolute Gasteiger partial charge is 0.310 e. The third kappa shape index (κ3) is 3.81. The second-order valence-corrected chi connectivity index (χ2v) is 7.74. The lowest BCUT2D eigenvalue weighted by Crippen LogP contribution is -2.44. The number of para-hydroxylation sites is 1. The first kappa shape index (κ1) is 19.4. The summed E-state index contributed by atoms with van der Waals surface area (Å²) in [5.41, 5.74) is 7.12. The Morgan fingerprint density at radius 3 is 2.18 bits per heavy atom. The topological polar surface area (TPSA) is 80.2 Å². The van der Waals surface area contributed by atoms with Gasteiger partial charge in [0.15, 0.2) is 0 Å². The Morgan fingerprint density at radius 1 is 0.893 bits per heavy atom. The van der Waals surface area contributed by atoms with Crippen molar-refractivity contribution in [3.63, 3.8) is 0 Å². The van der Waals surface area contributed by atoms with Crippen LogP contribution in [0.4, 0.5) is 0 Å². The monoisotopic (exact) mass is 377 g/mol. The summed E-state index contributed by atoms with van der Waals surface area (Å²) in [4.78, 5) is 36.9. The Hall–Kier alpha value is -3.41. The van der Waals surface area contributed by atoms with Crippen molar-refractivity contribution in [3.05, 3.63) is 71.4 Å². The number of benzene rings is 2. The van der Waals surface area contributed by atoms with Crippen LogP contribution < -0.4 is 10.9 Å². The van der Waals surface area contributed by atoms with Gasteiger partial charge in [0.2, 0.25) is 0 Å². The zero-order chi connectivity index (χ0) is 20.5. The van der Waals surface area contributed by atoms with Crippen LogP contribution in [0.3, 0.4) is 0 Å². The lowest BCUT2D eigenvalue weighted by atomic mass is 9.86. The van der Waals surface area contributed by atoms with Crippen molar-refractivity contribution < 1.29 is 14.4 Å². The number of aromatic nitrogens is 1. The summed E-state index contributed by atoms with van der Waals surface area (Å²) in [5, 5.41) is 0.765. The quantitative estimate of drug-likeness (QED) is 0.418. The normalized spacial score (nSPS) is 11.3. The lowest BCUT2D eigenvalue weighted by molar-refractivity contribution is -0.117. The molecule has 0 saturated carbocycles. The summed E-state index contributed by atoms with van der Waals surface area (Å²) < 4.78 is 1.83. The second kappa shape index (κ2) is 7.31. The van der Waals surface area contributed by atoms with E-state index in [0.29, 0.717) is 5.56 Å². The highest BCUT2D eigenvalue weighted by Crippen LogP contribution is 2.22. The minimum absolute atomic E-state index is 0.0454. The molecule has 1 aromatic heterocycles. The Morgan fingerprint density at radius 2 is 1.54 bits per heavy atom. The van der Waals surface area contributed by atoms with Gasteiger partial charge in [-0.3, -0.25) is 25.2 Å². The number of Topliss-reactive ketones (excluding diaryl/α,β-unsaturated/α-hetero) is 1. The molecule has 0 aliphatic heterocycles. The molecule has 6 heteroatoms. The highest BCUT2D eigenvalue weighted by molar-refractivity contribution is 6.42. The van der Waals surface area contributed by atoms with Crippen LogP contribution in [0.25, 0.3) is 10.9 Å². The first-order valence-electron chi connectivity index (χ1n) is 8.98. The minimum Gasteiger partial charge on any atom is -0.350 e. The molecule has 2 amide bonds. The van der Waals surface area contributed by atoms with Gasteiger partial charge in [-0.25, -0.2) is 0 Å². The molecule has 0 spiro atoms. The largest absolute Gasteiger partial charge is 0.350 e. The van der Waals surface area contributed by atoms with E-state index >= 15 is 0 Å². The van der Waals surface area contributed by atoms with Gasteiger partial charge in [0.05, 0.1) is 5.56 Å². The van der Waals surface area contributed by atoms with Crippen molar-refractivity contribution in [1.29, 1.82) is 0 Å². The summed E-state index contributed by atoms with van der Waals surface area (Å²) in [7, 11) is 1.84. The molecule has 6 nitrogen and oxygen atoms in total. The van der Waals surface area contributed by atoms with E-state index in [1.165, 1.54) is 0 Å². The number of nitrogens with one attached hydrogen (secondary N) is 2. The molecule has 0 bridgehead atoms. The van der Waals surface area contributed by atoms with Crippen LogP contribution >= 0.6 is 0 Å². The van der Waals surface area contributed by atoms with E-state index in [4.69, 9.17) is 0 Å². The van der Waals surface area contributed by atoms with Gasteiger partial charge in [-0.05, 0) is 17.0 Å². The fourth-order valence-electron chi connectivity index (χ4n) is 3.01. The first-order valence-corrected chi connectivity index (χ1v) is 8.98. The molecule has 3 rings (SSSR count). The van der Waals surface area contributed by atoms with E-state index < -0.39 is 17.6 Å². The molecule has 144 valence electrons. The van der Waals surface area contributed by atoms with Gasteiger partial charge < -0.3 is 4.57 Å². The number of amides is 2. The first-order chi connectivity index (χ1) is 13.2. The Labute approximate surface area is 163 Å². The van der Waals surface area contributed by atoms with Gasteiger partial charge in [-0.1, -0.05) is 63.2 Å². The standard InChI is InChI=1S/C22H23N3O3/c1-22(2,3)15-11-9-14(10-12-15)19(26)21(28)24-23-20(27)17-13-25(4)18-8-6-5-7-16(17)18/h5-13H,1-4H3,(H,23,27)(H,24,28). The van der Waals surface area contributed by atoms with Crippen molar-refractivity contribution >= 4 is 28.5 Å². The fraction of sp³-hybridized carbons (Fsp3) is 0.227. The highest BCUT2D eigenvalue weighted by Gasteiger charge is 2.20. The van der Waals surface area contributed by atoms with Crippen LogP contribution in [-0.4, -0.2) is 22.2 Å². The lowest BCUT2D eigenvalue weighted by Gasteiger charge is -2.18. The van der Waals surface area contributed by atoms with Crippen LogP contribution in [-0.2, 0) is 17.3 Å². The summed E-state index contributed by atoms with van der Waals surface area (Å²) >= 11 is 0. The van der Waals surface area contributed by atoms with E-state index in [-0.39, 0.29) is 11.0 Å². The summed E-state index contributed by atoms with van der Waals surface area (Å²) in [6.07, 6.45) is 1.68. The maximum absolute atomic E-state index is 12.4. The number of hydrogen-bond donors (Lipinski definition) is 2. The molecular formula is C22H23N3O3. The molecule has 0 radical (unpaired) electrons. The average Bonchev–Trinajstić information content (AvgIpc) is 3.02. The van der Waals surface area contributed by atoms with Crippen LogP contribution in [0.2, 0.25) is 0 Å². The van der Waals surface area contributed by atoms with Crippen LogP contribution in [0.1, 0.15) is 47.1 Å². The van der Waals surface area contributed by atoms with E-state index in [1.54, 1.807) is 18.3 Å². The number of ketones is 1. The van der Waals surface area contributed by atoms with Crippen molar-refractivity contribution in [2.75, 3.05) is 0 Å².